The normalized spacial score (nSPS) is 15.3. The Labute approximate surface area is 231 Å². The molecule has 12 heteroatoms. The fourth-order valence-corrected chi connectivity index (χ4v) is 8.32. The van der Waals surface area contributed by atoms with Crippen molar-refractivity contribution in [2.75, 3.05) is 13.1 Å². The number of aliphatic carboxylic acids is 2. The van der Waals surface area contributed by atoms with Gasteiger partial charge in [-0.1, -0.05) is 12.1 Å². The van der Waals surface area contributed by atoms with Crippen LogP contribution in [0.1, 0.15) is 9.75 Å². The lowest BCUT2D eigenvalue weighted by molar-refractivity contribution is -0.140. The Hall–Kier alpha value is -3.84. The van der Waals surface area contributed by atoms with E-state index in [1.54, 1.807) is 34.8 Å². The molecule has 38 heavy (non-hydrogen) atoms. The van der Waals surface area contributed by atoms with E-state index in [1.807, 2.05) is 47.2 Å². The second-order valence-corrected chi connectivity index (χ2v) is 12.4. The third-order valence-corrected chi connectivity index (χ3v) is 10.3. The third kappa shape index (κ3) is 4.02. The first-order valence-electron chi connectivity index (χ1n) is 11.2. The molecule has 6 heterocycles. The van der Waals surface area contributed by atoms with Crippen molar-refractivity contribution in [2.45, 2.75) is 0 Å². The van der Waals surface area contributed by atoms with Gasteiger partial charge >= 0.3 is 11.9 Å². The molecule has 2 aliphatic heterocycles. The zero-order valence-electron chi connectivity index (χ0n) is 19.2. The number of hydrogen-bond donors (Lipinski definition) is 2. The van der Waals surface area contributed by atoms with Gasteiger partial charge < -0.3 is 10.2 Å². The minimum atomic E-state index is -1.22. The van der Waals surface area contributed by atoms with E-state index in [2.05, 4.69) is 0 Å². The molecule has 8 nitrogen and oxygen atoms in total. The van der Waals surface area contributed by atoms with Crippen molar-refractivity contribution in [3.63, 3.8) is 0 Å². The molecular weight excluding hydrogens is 565 g/mol. The number of carbonyl (C=O) groups excluding carboxylic acids is 2. The number of carboxylic acids is 2. The molecule has 0 aliphatic carbocycles. The van der Waals surface area contributed by atoms with E-state index in [0.717, 1.165) is 29.3 Å². The van der Waals surface area contributed by atoms with Crippen LogP contribution < -0.4 is 0 Å². The van der Waals surface area contributed by atoms with Gasteiger partial charge in [0.2, 0.25) is 0 Å². The molecule has 0 saturated heterocycles. The van der Waals surface area contributed by atoms with Crippen LogP contribution in [0.25, 0.3) is 30.9 Å². The van der Waals surface area contributed by atoms with Gasteiger partial charge in [-0.15, -0.1) is 45.3 Å². The number of carbonyl (C=O) groups is 4. The highest BCUT2D eigenvalue weighted by Crippen LogP contribution is 2.50. The molecule has 0 bridgehead atoms. The number of nitrogens with zero attached hydrogens (tertiary/aromatic N) is 2. The molecule has 0 spiro atoms. The smallest absolute Gasteiger partial charge is 0.323 e. The maximum atomic E-state index is 13.8. The quantitative estimate of drug-likeness (QED) is 0.295. The van der Waals surface area contributed by atoms with E-state index in [4.69, 9.17) is 0 Å². The van der Waals surface area contributed by atoms with Crippen molar-refractivity contribution >= 4 is 80.5 Å². The van der Waals surface area contributed by atoms with Gasteiger partial charge in [-0.3, -0.25) is 29.0 Å². The maximum Gasteiger partial charge on any atom is 0.323 e. The fraction of sp³-hybridized carbons (Fsp3) is 0.0769. The number of rotatable bonds is 8. The van der Waals surface area contributed by atoms with E-state index in [1.165, 1.54) is 22.7 Å². The zero-order chi connectivity index (χ0) is 26.6. The molecule has 190 valence electrons. The summed E-state index contributed by atoms with van der Waals surface area (Å²) in [6.45, 7) is -1.25. The molecule has 2 amide bonds. The number of carboxylic acid groups (broad SMARTS) is 2. The molecule has 6 rings (SSSR count). The first-order valence-corrected chi connectivity index (χ1v) is 14.6. The van der Waals surface area contributed by atoms with Gasteiger partial charge in [0.15, 0.2) is 0 Å². The van der Waals surface area contributed by atoms with Crippen LogP contribution in [0.15, 0.2) is 70.4 Å². The highest BCUT2D eigenvalue weighted by molar-refractivity contribution is 7.22. The summed E-state index contributed by atoms with van der Waals surface area (Å²) < 4.78 is 0. The van der Waals surface area contributed by atoms with Crippen molar-refractivity contribution in [3.05, 3.63) is 80.2 Å². The highest BCUT2D eigenvalue weighted by atomic mass is 32.1. The van der Waals surface area contributed by atoms with Crippen LogP contribution in [0.4, 0.5) is 0 Å². The summed E-state index contributed by atoms with van der Waals surface area (Å²) in [7, 11) is 0. The number of thiophene rings is 4. The van der Waals surface area contributed by atoms with Crippen LogP contribution in [-0.2, 0) is 19.2 Å². The molecular formula is C26H16N2O6S4. The first kappa shape index (κ1) is 24.5. The Morgan fingerprint density at radius 1 is 0.605 bits per heavy atom. The largest absolute Gasteiger partial charge is 0.480 e. The van der Waals surface area contributed by atoms with Crippen molar-refractivity contribution in [3.8, 4) is 19.5 Å². The van der Waals surface area contributed by atoms with E-state index in [0.29, 0.717) is 9.75 Å². The Morgan fingerprint density at radius 3 is 1.34 bits per heavy atom. The van der Waals surface area contributed by atoms with Crippen LogP contribution in [-0.4, -0.2) is 56.9 Å². The lowest BCUT2D eigenvalue weighted by atomic mass is 10.1. The van der Waals surface area contributed by atoms with E-state index in [-0.39, 0.29) is 22.5 Å². The van der Waals surface area contributed by atoms with E-state index >= 15 is 0 Å². The minimum absolute atomic E-state index is 0.0400. The van der Waals surface area contributed by atoms with Gasteiger partial charge in [0.05, 0.1) is 32.3 Å². The summed E-state index contributed by atoms with van der Waals surface area (Å²) in [6.07, 6.45) is 0. The van der Waals surface area contributed by atoms with Crippen LogP contribution in [0, 0.1) is 0 Å². The molecule has 2 aliphatic rings. The molecule has 4 aromatic rings. The second kappa shape index (κ2) is 9.48. The van der Waals surface area contributed by atoms with Gasteiger partial charge in [0.25, 0.3) is 11.8 Å². The summed E-state index contributed by atoms with van der Waals surface area (Å²) in [5.74, 6) is -3.71. The van der Waals surface area contributed by atoms with Gasteiger partial charge in [0.1, 0.15) is 13.1 Å². The molecule has 0 saturated carbocycles. The van der Waals surface area contributed by atoms with E-state index < -0.39 is 36.8 Å². The number of amides is 2. The molecule has 0 aromatic carbocycles. The Bertz CT molecular complexity index is 1550. The van der Waals surface area contributed by atoms with Crippen molar-refractivity contribution in [1.82, 2.24) is 9.80 Å². The third-order valence-electron chi connectivity index (χ3n) is 5.98. The predicted molar refractivity (Wildman–Crippen MR) is 148 cm³/mol. The Balaban J connectivity index is 1.56. The summed E-state index contributed by atoms with van der Waals surface area (Å²) >= 11 is 5.78. The molecule has 0 atom stereocenters. The van der Waals surface area contributed by atoms with Crippen molar-refractivity contribution in [2.24, 2.45) is 0 Å². The molecule has 0 radical (unpaired) electrons. The summed E-state index contributed by atoms with van der Waals surface area (Å²) in [5, 5.41) is 23.1. The molecule has 2 N–H and O–H groups in total. The van der Waals surface area contributed by atoms with Gasteiger partial charge in [-0.25, -0.2) is 0 Å². The van der Waals surface area contributed by atoms with Crippen molar-refractivity contribution in [1.29, 1.82) is 0 Å². The lowest BCUT2D eigenvalue weighted by Crippen LogP contribution is -2.34. The number of fused-ring (bicyclic) bond motifs is 1. The van der Waals surface area contributed by atoms with Crippen LogP contribution in [0.3, 0.4) is 0 Å². The first-order chi connectivity index (χ1) is 18.3. The standard InChI is InChI=1S/C26H16N2O6S4/c29-19(30)11-27-23(17-7-5-15(37-17)13-3-1-9-35-13)21-22(26(27)34)24(28(25(21)33)12-20(31)32)18-8-6-16(38-18)14-4-2-10-36-14/h1-10H,11-12H2,(H,29,30)(H,31,32). The van der Waals surface area contributed by atoms with E-state index in [9.17, 15) is 29.4 Å². The van der Waals surface area contributed by atoms with Crippen LogP contribution >= 0.6 is 45.3 Å². The monoisotopic (exact) mass is 580 g/mol. The Morgan fingerprint density at radius 2 is 1.00 bits per heavy atom. The predicted octanol–water partition coefficient (Wildman–Crippen LogP) is 5.24. The minimum Gasteiger partial charge on any atom is -0.480 e. The Kier molecular flexibility index (Phi) is 6.11. The summed E-state index contributed by atoms with van der Waals surface area (Å²) in [5.41, 5.74) is 0.479. The summed E-state index contributed by atoms with van der Waals surface area (Å²) in [6, 6.07) is 15.0. The lowest BCUT2D eigenvalue weighted by Gasteiger charge is -2.22. The average molecular weight is 581 g/mol. The van der Waals surface area contributed by atoms with Gasteiger partial charge in [-0.05, 0) is 47.2 Å². The number of hydrogen-bond acceptors (Lipinski definition) is 8. The van der Waals surface area contributed by atoms with Crippen LogP contribution in [0.2, 0.25) is 0 Å². The SMILES string of the molecule is O=C(O)CN1C(=O)C2=C(c3ccc(-c4cccs4)s3)N(CC(=O)O)C(=O)C2=C1c1ccc(-c2cccs2)s1. The van der Waals surface area contributed by atoms with Gasteiger partial charge in [0, 0.05) is 19.5 Å². The average Bonchev–Trinajstić information content (AvgIpc) is 3.70. The van der Waals surface area contributed by atoms with Crippen LogP contribution in [0.5, 0.6) is 0 Å². The molecule has 4 aromatic heterocycles. The highest BCUT2D eigenvalue weighted by Gasteiger charge is 2.50. The topological polar surface area (TPSA) is 115 Å². The molecule has 0 fully saturated rings. The van der Waals surface area contributed by atoms with Gasteiger partial charge in [-0.2, -0.15) is 0 Å². The zero-order valence-corrected chi connectivity index (χ0v) is 22.5. The molecule has 0 unspecified atom stereocenters. The second-order valence-electron chi connectivity index (χ2n) is 8.30. The summed E-state index contributed by atoms with van der Waals surface area (Å²) in [4.78, 5) is 58.3. The van der Waals surface area contributed by atoms with Crippen molar-refractivity contribution < 1.29 is 29.4 Å². The maximum absolute atomic E-state index is 13.8. The fourth-order valence-electron chi connectivity index (χ4n) is 4.51.